The highest BCUT2D eigenvalue weighted by Gasteiger charge is 2.07. The van der Waals surface area contributed by atoms with Crippen LogP contribution in [0, 0.1) is 13.8 Å². The number of nitrogens with one attached hydrogen (secondary N) is 1. The lowest BCUT2D eigenvalue weighted by molar-refractivity contribution is -0.137. The Labute approximate surface area is 174 Å². The van der Waals surface area contributed by atoms with Crippen LogP contribution in [-0.2, 0) is 16.1 Å². The molecule has 1 aromatic carbocycles. The molecule has 0 atom stereocenters. The van der Waals surface area contributed by atoms with Crippen molar-refractivity contribution in [3.8, 4) is 5.69 Å². The summed E-state index contributed by atoms with van der Waals surface area (Å²) in [5, 5.41) is 7.86. The van der Waals surface area contributed by atoms with Crippen molar-refractivity contribution in [2.24, 2.45) is 0 Å². The van der Waals surface area contributed by atoms with E-state index in [-0.39, 0.29) is 5.28 Å². The number of esters is 1. The molecule has 0 unspecified atom stereocenters. The number of rotatable bonds is 7. The van der Waals surface area contributed by atoms with E-state index in [0.29, 0.717) is 24.5 Å². The van der Waals surface area contributed by atoms with Crippen LogP contribution >= 0.6 is 11.6 Å². The van der Waals surface area contributed by atoms with E-state index in [1.165, 1.54) is 6.08 Å². The first kappa shape index (κ1) is 20.5. The zero-order valence-corrected chi connectivity index (χ0v) is 17.3. The van der Waals surface area contributed by atoms with Gasteiger partial charge in [0.15, 0.2) is 0 Å². The fraction of sp³-hybridized carbons (Fsp3) is 0.238. The highest BCUT2D eigenvalue weighted by molar-refractivity contribution is 6.28. The molecule has 2 aromatic heterocycles. The number of benzene rings is 1. The fourth-order valence-electron chi connectivity index (χ4n) is 2.81. The van der Waals surface area contributed by atoms with E-state index in [4.69, 9.17) is 16.3 Å². The molecule has 3 aromatic rings. The van der Waals surface area contributed by atoms with Gasteiger partial charge in [0.25, 0.3) is 0 Å². The van der Waals surface area contributed by atoms with Gasteiger partial charge in [-0.1, -0.05) is 12.1 Å². The third-order valence-corrected chi connectivity index (χ3v) is 4.31. The minimum Gasteiger partial charge on any atom is -0.463 e. The van der Waals surface area contributed by atoms with Gasteiger partial charge in [0, 0.05) is 30.1 Å². The molecule has 0 fully saturated rings. The van der Waals surface area contributed by atoms with E-state index in [1.54, 1.807) is 19.2 Å². The van der Waals surface area contributed by atoms with Crippen molar-refractivity contribution in [3.63, 3.8) is 0 Å². The molecule has 0 radical (unpaired) electrons. The summed E-state index contributed by atoms with van der Waals surface area (Å²) in [7, 11) is 0. The van der Waals surface area contributed by atoms with Crippen LogP contribution in [0.15, 0.2) is 42.6 Å². The van der Waals surface area contributed by atoms with Gasteiger partial charge in [0.2, 0.25) is 5.28 Å². The summed E-state index contributed by atoms with van der Waals surface area (Å²) in [6, 6.07) is 10.1. The first-order chi connectivity index (χ1) is 14.0. The lowest BCUT2D eigenvalue weighted by Gasteiger charge is -2.10. The van der Waals surface area contributed by atoms with Crippen LogP contribution in [0.3, 0.4) is 0 Å². The molecule has 7 nitrogen and oxygen atoms in total. The van der Waals surface area contributed by atoms with Crippen LogP contribution in [-0.4, -0.2) is 32.3 Å². The number of aromatic nitrogens is 4. The Morgan fingerprint density at radius 1 is 1.28 bits per heavy atom. The standard InChI is InChI=1S/C21H22ClN5O2/c1-4-29-19(28)10-7-17-13-24-21(22)25-20(17)23-12-16-5-8-18(9-6-16)27-15(3)11-14(2)26-27/h5-11,13H,4,12H2,1-3H3,(H,23,24,25)/b10-7+. The van der Waals surface area contributed by atoms with Crippen LogP contribution in [0.1, 0.15) is 29.4 Å². The summed E-state index contributed by atoms with van der Waals surface area (Å²) in [5.41, 5.74) is 4.77. The van der Waals surface area contributed by atoms with Crippen LogP contribution in [0.4, 0.5) is 5.82 Å². The lowest BCUT2D eigenvalue weighted by Crippen LogP contribution is -2.05. The minimum absolute atomic E-state index is 0.126. The maximum absolute atomic E-state index is 11.5. The molecule has 1 N–H and O–H groups in total. The molecule has 2 heterocycles. The van der Waals surface area contributed by atoms with Gasteiger partial charge < -0.3 is 10.1 Å². The number of carbonyl (C=O) groups excluding carboxylic acids is 1. The van der Waals surface area contributed by atoms with E-state index in [1.807, 2.05) is 48.9 Å². The number of hydrogen-bond donors (Lipinski definition) is 1. The van der Waals surface area contributed by atoms with E-state index in [2.05, 4.69) is 20.4 Å². The first-order valence-corrected chi connectivity index (χ1v) is 9.58. The third kappa shape index (κ3) is 5.42. The van der Waals surface area contributed by atoms with Crippen molar-refractivity contribution in [1.29, 1.82) is 0 Å². The third-order valence-electron chi connectivity index (χ3n) is 4.12. The van der Waals surface area contributed by atoms with Crippen LogP contribution < -0.4 is 5.32 Å². The van der Waals surface area contributed by atoms with Gasteiger partial charge in [0.05, 0.1) is 18.0 Å². The Morgan fingerprint density at radius 3 is 2.69 bits per heavy atom. The Hall–Kier alpha value is -3.19. The highest BCUT2D eigenvalue weighted by atomic mass is 35.5. The summed E-state index contributed by atoms with van der Waals surface area (Å²) < 4.78 is 6.81. The molecular weight excluding hydrogens is 390 g/mol. The second-order valence-corrected chi connectivity index (χ2v) is 6.73. The average molecular weight is 412 g/mol. The zero-order valence-electron chi connectivity index (χ0n) is 16.5. The highest BCUT2D eigenvalue weighted by Crippen LogP contribution is 2.18. The number of halogens is 1. The summed E-state index contributed by atoms with van der Waals surface area (Å²) in [6.07, 6.45) is 4.49. The molecule has 8 heteroatoms. The minimum atomic E-state index is -0.423. The van der Waals surface area contributed by atoms with Gasteiger partial charge >= 0.3 is 5.97 Å². The number of hydrogen-bond acceptors (Lipinski definition) is 6. The normalized spacial score (nSPS) is 11.0. The van der Waals surface area contributed by atoms with Gasteiger partial charge in [-0.25, -0.2) is 19.4 Å². The molecule has 0 saturated heterocycles. The quantitative estimate of drug-likeness (QED) is 0.358. The predicted molar refractivity (Wildman–Crippen MR) is 113 cm³/mol. The number of carbonyl (C=O) groups is 1. The molecule has 0 aliphatic carbocycles. The van der Waals surface area contributed by atoms with Gasteiger partial charge in [-0.05, 0) is 62.2 Å². The first-order valence-electron chi connectivity index (χ1n) is 9.20. The Morgan fingerprint density at radius 2 is 2.03 bits per heavy atom. The molecule has 29 heavy (non-hydrogen) atoms. The second kappa shape index (κ2) is 9.34. The molecule has 3 rings (SSSR count). The molecule has 0 aliphatic rings. The number of nitrogens with zero attached hydrogens (tertiary/aromatic N) is 4. The molecule has 0 bridgehead atoms. The molecule has 150 valence electrons. The van der Waals surface area contributed by atoms with Crippen molar-refractivity contribution in [2.75, 3.05) is 11.9 Å². The maximum atomic E-state index is 11.5. The average Bonchev–Trinajstić information content (AvgIpc) is 3.04. The fourth-order valence-corrected chi connectivity index (χ4v) is 2.95. The molecule has 0 amide bonds. The maximum Gasteiger partial charge on any atom is 0.330 e. The van der Waals surface area contributed by atoms with E-state index in [9.17, 15) is 4.79 Å². The Kier molecular flexibility index (Phi) is 6.61. The van der Waals surface area contributed by atoms with E-state index >= 15 is 0 Å². The summed E-state index contributed by atoms with van der Waals surface area (Å²) >= 11 is 5.93. The van der Waals surface area contributed by atoms with Gasteiger partial charge in [0.1, 0.15) is 5.82 Å². The molecular formula is C21H22ClN5O2. The SMILES string of the molecule is CCOC(=O)/C=C/c1cnc(Cl)nc1NCc1ccc(-n2nc(C)cc2C)cc1. The summed E-state index contributed by atoms with van der Waals surface area (Å²) in [5.74, 6) is 0.112. The monoisotopic (exact) mass is 411 g/mol. The zero-order chi connectivity index (χ0) is 20.8. The van der Waals surface area contributed by atoms with E-state index < -0.39 is 5.97 Å². The van der Waals surface area contributed by atoms with Crippen LogP contribution in [0.5, 0.6) is 0 Å². The number of ether oxygens (including phenoxy) is 1. The summed E-state index contributed by atoms with van der Waals surface area (Å²) in [6.45, 7) is 6.61. The Balaban J connectivity index is 1.71. The molecule has 0 aliphatic heterocycles. The van der Waals surface area contributed by atoms with Crippen molar-refractivity contribution >= 4 is 29.5 Å². The van der Waals surface area contributed by atoms with Gasteiger partial charge in [-0.3, -0.25) is 0 Å². The second-order valence-electron chi connectivity index (χ2n) is 6.39. The topological polar surface area (TPSA) is 81.9 Å². The lowest BCUT2D eigenvalue weighted by atomic mass is 10.2. The largest absolute Gasteiger partial charge is 0.463 e. The van der Waals surface area contributed by atoms with Crippen molar-refractivity contribution < 1.29 is 9.53 Å². The number of anilines is 1. The molecule has 0 saturated carbocycles. The van der Waals surface area contributed by atoms with E-state index in [0.717, 1.165) is 22.6 Å². The van der Waals surface area contributed by atoms with Crippen LogP contribution in [0.2, 0.25) is 5.28 Å². The van der Waals surface area contributed by atoms with Crippen LogP contribution in [0.25, 0.3) is 11.8 Å². The van der Waals surface area contributed by atoms with Crippen molar-refractivity contribution in [1.82, 2.24) is 19.7 Å². The van der Waals surface area contributed by atoms with Gasteiger partial charge in [-0.2, -0.15) is 5.10 Å². The van der Waals surface area contributed by atoms with Crippen molar-refractivity contribution in [3.05, 3.63) is 70.4 Å². The van der Waals surface area contributed by atoms with Crippen molar-refractivity contribution in [2.45, 2.75) is 27.3 Å². The number of aryl methyl sites for hydroxylation is 2. The van der Waals surface area contributed by atoms with Gasteiger partial charge in [-0.15, -0.1) is 0 Å². The Bertz CT molecular complexity index is 1030. The smallest absolute Gasteiger partial charge is 0.330 e. The predicted octanol–water partition coefficient (Wildman–Crippen LogP) is 4.12. The summed E-state index contributed by atoms with van der Waals surface area (Å²) in [4.78, 5) is 19.7. The molecule has 0 spiro atoms.